The molecule has 0 aromatic carbocycles. The zero-order chi connectivity index (χ0) is 14.0. The van der Waals surface area contributed by atoms with Crippen LogP contribution in [-0.4, -0.2) is 43.2 Å². The third-order valence-electron chi connectivity index (χ3n) is 4.40. The van der Waals surface area contributed by atoms with Crippen molar-refractivity contribution in [2.75, 3.05) is 12.8 Å². The Bertz CT molecular complexity index is 364. The highest BCUT2D eigenvalue weighted by Crippen LogP contribution is 2.26. The Morgan fingerprint density at radius 1 is 1.44 bits per heavy atom. The predicted molar refractivity (Wildman–Crippen MR) is 74.4 cm³/mol. The lowest BCUT2D eigenvalue weighted by Gasteiger charge is -2.32. The van der Waals surface area contributed by atoms with Crippen molar-refractivity contribution in [3.8, 4) is 0 Å². The van der Waals surface area contributed by atoms with Crippen LogP contribution in [-0.2, 0) is 9.84 Å². The summed E-state index contributed by atoms with van der Waals surface area (Å²) in [5.41, 5.74) is -0.778. The van der Waals surface area contributed by atoms with Crippen molar-refractivity contribution in [2.45, 2.75) is 63.3 Å². The molecule has 0 spiro atoms. The van der Waals surface area contributed by atoms with Crippen LogP contribution in [0.3, 0.4) is 0 Å². The van der Waals surface area contributed by atoms with E-state index >= 15 is 0 Å². The van der Waals surface area contributed by atoms with Gasteiger partial charge in [0.25, 0.3) is 0 Å². The van der Waals surface area contributed by atoms with Crippen molar-refractivity contribution in [1.82, 2.24) is 5.32 Å². The van der Waals surface area contributed by atoms with E-state index in [1.807, 2.05) is 20.8 Å². The summed E-state index contributed by atoms with van der Waals surface area (Å²) in [5.74, 6) is 0.197. The van der Waals surface area contributed by atoms with Crippen LogP contribution < -0.4 is 5.32 Å². The molecule has 108 valence electrons. The van der Waals surface area contributed by atoms with Gasteiger partial charge in [0.05, 0.1) is 10.9 Å². The highest BCUT2D eigenvalue weighted by atomic mass is 32.2. The Labute approximate surface area is 111 Å². The summed E-state index contributed by atoms with van der Waals surface area (Å²) in [4.78, 5) is 0. The molecule has 4 atom stereocenters. The SMILES string of the molecule is CCC(C)C(C)(O)CNC1CCCC1S(C)(=O)=O. The molecule has 1 saturated carbocycles. The van der Waals surface area contributed by atoms with E-state index < -0.39 is 15.4 Å². The molecule has 4 unspecified atom stereocenters. The second-order valence-corrected chi connectivity index (χ2v) is 8.22. The van der Waals surface area contributed by atoms with Crippen molar-refractivity contribution in [1.29, 1.82) is 0 Å². The van der Waals surface area contributed by atoms with Gasteiger partial charge in [-0.15, -0.1) is 0 Å². The average molecular weight is 277 g/mol. The van der Waals surface area contributed by atoms with E-state index in [4.69, 9.17) is 0 Å². The molecule has 0 aliphatic heterocycles. The molecule has 1 rings (SSSR count). The zero-order valence-corrected chi connectivity index (χ0v) is 12.8. The molecular weight excluding hydrogens is 250 g/mol. The van der Waals surface area contributed by atoms with E-state index in [1.54, 1.807) is 0 Å². The molecule has 2 N–H and O–H groups in total. The Morgan fingerprint density at radius 2 is 2.06 bits per heavy atom. The Kier molecular flexibility index (Phi) is 5.21. The van der Waals surface area contributed by atoms with Crippen LogP contribution in [0.4, 0.5) is 0 Å². The van der Waals surface area contributed by atoms with Crippen LogP contribution in [0.1, 0.15) is 46.5 Å². The monoisotopic (exact) mass is 277 g/mol. The largest absolute Gasteiger partial charge is 0.389 e. The van der Waals surface area contributed by atoms with Gasteiger partial charge in [0, 0.05) is 18.8 Å². The number of sulfone groups is 1. The highest BCUT2D eigenvalue weighted by Gasteiger charge is 2.36. The van der Waals surface area contributed by atoms with E-state index in [1.165, 1.54) is 6.26 Å². The first-order chi connectivity index (χ1) is 8.18. The van der Waals surface area contributed by atoms with Gasteiger partial charge in [0.2, 0.25) is 0 Å². The Morgan fingerprint density at radius 3 is 2.56 bits per heavy atom. The Balaban J connectivity index is 2.58. The van der Waals surface area contributed by atoms with Gasteiger partial charge in [-0.25, -0.2) is 8.42 Å². The van der Waals surface area contributed by atoms with Gasteiger partial charge in [-0.3, -0.25) is 0 Å². The van der Waals surface area contributed by atoms with E-state index in [2.05, 4.69) is 5.32 Å². The molecule has 1 fully saturated rings. The molecule has 0 aromatic heterocycles. The highest BCUT2D eigenvalue weighted by molar-refractivity contribution is 7.91. The average Bonchev–Trinajstić information content (AvgIpc) is 2.73. The van der Waals surface area contributed by atoms with Gasteiger partial charge in [-0.1, -0.05) is 26.7 Å². The molecule has 1 aliphatic rings. The molecule has 5 heteroatoms. The standard InChI is InChI=1S/C13H27NO3S/c1-5-10(2)13(3,15)9-14-11-7-6-8-12(11)18(4,16)17/h10-12,14-15H,5-9H2,1-4H3. The lowest BCUT2D eigenvalue weighted by atomic mass is 9.88. The second kappa shape index (κ2) is 5.88. The van der Waals surface area contributed by atoms with Gasteiger partial charge < -0.3 is 10.4 Å². The molecule has 4 nitrogen and oxygen atoms in total. The molecule has 0 heterocycles. The number of hydrogen-bond donors (Lipinski definition) is 2. The van der Waals surface area contributed by atoms with Crippen LogP contribution in [0.2, 0.25) is 0 Å². The minimum Gasteiger partial charge on any atom is -0.389 e. The van der Waals surface area contributed by atoms with Gasteiger partial charge in [0.1, 0.15) is 0 Å². The lowest BCUT2D eigenvalue weighted by Crippen LogP contribution is -2.49. The first kappa shape index (κ1) is 15.9. The third-order valence-corrected chi connectivity index (χ3v) is 6.06. The third kappa shape index (κ3) is 3.93. The molecule has 0 radical (unpaired) electrons. The molecule has 0 bridgehead atoms. The summed E-state index contributed by atoms with van der Waals surface area (Å²) in [5, 5.41) is 13.3. The van der Waals surface area contributed by atoms with Gasteiger partial charge in [0.15, 0.2) is 9.84 Å². The topological polar surface area (TPSA) is 66.4 Å². The molecule has 0 aromatic rings. The minimum absolute atomic E-state index is 0.00414. The van der Waals surface area contributed by atoms with E-state index in [-0.39, 0.29) is 17.2 Å². The van der Waals surface area contributed by atoms with Gasteiger partial charge in [-0.2, -0.15) is 0 Å². The normalized spacial score (nSPS) is 30.1. The number of aliphatic hydroxyl groups is 1. The van der Waals surface area contributed by atoms with Crippen LogP contribution in [0.15, 0.2) is 0 Å². The van der Waals surface area contributed by atoms with Crippen LogP contribution in [0.5, 0.6) is 0 Å². The van der Waals surface area contributed by atoms with Crippen LogP contribution in [0.25, 0.3) is 0 Å². The summed E-state index contributed by atoms with van der Waals surface area (Å²) < 4.78 is 23.3. The molecule has 18 heavy (non-hydrogen) atoms. The van der Waals surface area contributed by atoms with E-state index in [9.17, 15) is 13.5 Å². The molecule has 1 aliphatic carbocycles. The fourth-order valence-electron chi connectivity index (χ4n) is 2.62. The van der Waals surface area contributed by atoms with Gasteiger partial charge in [-0.05, 0) is 25.7 Å². The molecule has 0 amide bonds. The van der Waals surface area contributed by atoms with Crippen molar-refractivity contribution in [3.63, 3.8) is 0 Å². The summed E-state index contributed by atoms with van der Waals surface area (Å²) in [6, 6.07) is -0.00414. The maximum atomic E-state index is 11.7. The number of nitrogens with one attached hydrogen (secondary N) is 1. The van der Waals surface area contributed by atoms with Crippen molar-refractivity contribution in [3.05, 3.63) is 0 Å². The number of rotatable bonds is 6. The minimum atomic E-state index is -2.99. The lowest BCUT2D eigenvalue weighted by molar-refractivity contribution is 0.00351. The van der Waals surface area contributed by atoms with Crippen LogP contribution >= 0.6 is 0 Å². The van der Waals surface area contributed by atoms with Gasteiger partial charge >= 0.3 is 0 Å². The molecular formula is C13H27NO3S. The number of hydrogen-bond acceptors (Lipinski definition) is 4. The second-order valence-electron chi connectivity index (χ2n) is 5.95. The van der Waals surface area contributed by atoms with Crippen molar-refractivity contribution < 1.29 is 13.5 Å². The first-order valence-electron chi connectivity index (χ1n) is 6.83. The van der Waals surface area contributed by atoms with E-state index in [0.29, 0.717) is 6.54 Å². The summed E-state index contributed by atoms with van der Waals surface area (Å²) >= 11 is 0. The van der Waals surface area contributed by atoms with Crippen molar-refractivity contribution >= 4 is 9.84 Å². The Hall–Kier alpha value is -0.130. The maximum Gasteiger partial charge on any atom is 0.151 e. The summed E-state index contributed by atoms with van der Waals surface area (Å²) in [6.07, 6.45) is 4.79. The predicted octanol–water partition coefficient (Wildman–Crippen LogP) is 1.34. The summed E-state index contributed by atoms with van der Waals surface area (Å²) in [6.45, 7) is 6.34. The summed E-state index contributed by atoms with van der Waals surface area (Å²) in [7, 11) is -2.99. The quantitative estimate of drug-likeness (QED) is 0.769. The fraction of sp³-hybridized carbons (Fsp3) is 1.00. The van der Waals surface area contributed by atoms with Crippen LogP contribution in [0, 0.1) is 5.92 Å². The fourth-order valence-corrected chi connectivity index (χ4v) is 4.05. The first-order valence-corrected chi connectivity index (χ1v) is 8.78. The smallest absolute Gasteiger partial charge is 0.151 e. The zero-order valence-electron chi connectivity index (χ0n) is 11.9. The molecule has 0 saturated heterocycles. The maximum absolute atomic E-state index is 11.7. The van der Waals surface area contributed by atoms with E-state index in [0.717, 1.165) is 25.7 Å². The van der Waals surface area contributed by atoms with Crippen molar-refractivity contribution in [2.24, 2.45) is 5.92 Å².